The summed E-state index contributed by atoms with van der Waals surface area (Å²) in [6, 6.07) is 9.11. The third-order valence-corrected chi connectivity index (χ3v) is 7.65. The van der Waals surface area contributed by atoms with E-state index >= 15 is 0 Å². The van der Waals surface area contributed by atoms with Crippen LogP contribution in [0.25, 0.3) is 0 Å². The summed E-state index contributed by atoms with van der Waals surface area (Å²) < 4.78 is 0. The van der Waals surface area contributed by atoms with Crippen LogP contribution in [0.3, 0.4) is 0 Å². The first-order chi connectivity index (χ1) is 8.53. The summed E-state index contributed by atoms with van der Waals surface area (Å²) in [5.74, 6) is 0. The largest absolute Gasteiger partial charge is 0.107 e. The summed E-state index contributed by atoms with van der Waals surface area (Å²) in [6.45, 7) is 14.8. The molecule has 0 saturated carbocycles. The molecule has 0 N–H and O–H groups in total. The van der Waals surface area contributed by atoms with E-state index in [-0.39, 0.29) is 0 Å². The van der Waals surface area contributed by atoms with Crippen molar-refractivity contribution in [2.45, 2.75) is 38.4 Å². The van der Waals surface area contributed by atoms with E-state index < -0.39 is 8.07 Å². The molecule has 0 spiro atoms. The molecule has 96 valence electrons. The maximum Gasteiger partial charge on any atom is 0.103 e. The molecule has 18 heavy (non-hydrogen) atoms. The summed E-state index contributed by atoms with van der Waals surface area (Å²) in [5, 5.41) is 1.49. The third-order valence-electron chi connectivity index (χ3n) is 3.51. The lowest BCUT2D eigenvalue weighted by Gasteiger charge is -2.20. The molecule has 0 aliphatic rings. The van der Waals surface area contributed by atoms with Gasteiger partial charge in [-0.15, -0.1) is 18.9 Å². The molecule has 0 fully saturated rings. The van der Waals surface area contributed by atoms with Crippen LogP contribution < -0.4 is 5.19 Å². The van der Waals surface area contributed by atoms with E-state index in [2.05, 4.69) is 68.8 Å². The molecule has 0 aliphatic heterocycles. The van der Waals surface area contributed by atoms with Crippen molar-refractivity contribution in [3.05, 3.63) is 54.4 Å². The maximum absolute atomic E-state index is 3.99. The second kappa shape index (κ2) is 6.90. The molecule has 0 heterocycles. The number of hydrogen-bond donors (Lipinski definition) is 0. The Kier molecular flexibility index (Phi) is 5.83. The van der Waals surface area contributed by atoms with Crippen LogP contribution in [0.1, 0.15) is 18.9 Å². The smallest absolute Gasteiger partial charge is 0.103 e. The highest BCUT2D eigenvalue weighted by atomic mass is 28.3. The lowest BCUT2D eigenvalue weighted by molar-refractivity contribution is 0.786. The molecular weight excluding hydrogens is 248 g/mol. The Morgan fingerprint density at radius 3 is 2.61 bits per heavy atom. The van der Waals surface area contributed by atoms with Gasteiger partial charge in [-0.3, -0.25) is 0 Å². The highest BCUT2D eigenvalue weighted by Gasteiger charge is 2.19. The molecule has 2 heteroatoms. The second-order valence-electron chi connectivity index (χ2n) is 5.31. The SMILES string of the molecule is C=C[Si]C(CC)Cc1cccc([Si](C)(C)C=C)c1. The zero-order chi connectivity index (χ0) is 13.6. The molecule has 0 amide bonds. The van der Waals surface area contributed by atoms with Crippen molar-refractivity contribution in [2.24, 2.45) is 0 Å². The van der Waals surface area contributed by atoms with Crippen molar-refractivity contribution in [3.8, 4) is 0 Å². The van der Waals surface area contributed by atoms with Crippen molar-refractivity contribution in [1.82, 2.24) is 0 Å². The summed E-state index contributed by atoms with van der Waals surface area (Å²) in [7, 11) is -0.548. The Morgan fingerprint density at radius 1 is 1.33 bits per heavy atom. The first kappa shape index (κ1) is 15.2. The third kappa shape index (κ3) is 4.11. The van der Waals surface area contributed by atoms with E-state index in [1.165, 1.54) is 23.6 Å². The first-order valence-electron chi connectivity index (χ1n) is 6.63. The van der Waals surface area contributed by atoms with Crippen LogP contribution in [0.15, 0.2) is 48.8 Å². The number of benzene rings is 1. The predicted octanol–water partition coefficient (Wildman–Crippen LogP) is 3.92. The molecule has 0 saturated heterocycles. The van der Waals surface area contributed by atoms with Gasteiger partial charge in [-0.1, -0.05) is 61.6 Å². The Morgan fingerprint density at radius 2 is 2.06 bits per heavy atom. The van der Waals surface area contributed by atoms with E-state index in [0.29, 0.717) is 0 Å². The lowest BCUT2D eigenvalue weighted by atomic mass is 10.1. The van der Waals surface area contributed by atoms with Crippen LogP contribution in [-0.2, 0) is 6.42 Å². The molecule has 2 radical (unpaired) electrons. The summed E-state index contributed by atoms with van der Waals surface area (Å²) in [4.78, 5) is 0. The van der Waals surface area contributed by atoms with E-state index in [0.717, 1.165) is 15.1 Å². The minimum atomic E-state index is -1.42. The fourth-order valence-corrected chi connectivity index (χ4v) is 4.23. The zero-order valence-corrected chi connectivity index (χ0v) is 13.9. The Balaban J connectivity index is 2.88. The van der Waals surface area contributed by atoms with E-state index in [1.807, 2.05) is 0 Å². The highest BCUT2D eigenvalue weighted by Crippen LogP contribution is 2.17. The van der Waals surface area contributed by atoms with Gasteiger partial charge in [0.05, 0.1) is 9.52 Å². The highest BCUT2D eigenvalue weighted by molar-refractivity contribution is 6.93. The van der Waals surface area contributed by atoms with Gasteiger partial charge in [-0.05, 0) is 17.5 Å². The quantitative estimate of drug-likeness (QED) is 0.660. The number of hydrogen-bond acceptors (Lipinski definition) is 0. The van der Waals surface area contributed by atoms with Crippen LogP contribution in [-0.4, -0.2) is 17.6 Å². The van der Waals surface area contributed by atoms with Gasteiger partial charge in [0, 0.05) is 0 Å². The van der Waals surface area contributed by atoms with Gasteiger partial charge in [0.25, 0.3) is 0 Å². The Labute approximate surface area is 116 Å². The summed E-state index contributed by atoms with van der Waals surface area (Å²) >= 11 is 0. The van der Waals surface area contributed by atoms with Crippen molar-refractivity contribution in [1.29, 1.82) is 0 Å². The average molecular weight is 273 g/mol. The molecule has 0 aliphatic carbocycles. The van der Waals surface area contributed by atoms with Gasteiger partial charge in [0.1, 0.15) is 8.07 Å². The van der Waals surface area contributed by atoms with E-state index in [9.17, 15) is 0 Å². The van der Waals surface area contributed by atoms with Crippen molar-refractivity contribution in [3.63, 3.8) is 0 Å². The van der Waals surface area contributed by atoms with Crippen LogP contribution in [0.5, 0.6) is 0 Å². The molecule has 1 aromatic rings. The lowest BCUT2D eigenvalue weighted by Crippen LogP contribution is -2.39. The van der Waals surface area contributed by atoms with Gasteiger partial charge < -0.3 is 0 Å². The zero-order valence-electron chi connectivity index (χ0n) is 11.9. The monoisotopic (exact) mass is 272 g/mol. The van der Waals surface area contributed by atoms with Crippen molar-refractivity contribution >= 4 is 22.8 Å². The van der Waals surface area contributed by atoms with Gasteiger partial charge in [-0.2, -0.15) is 0 Å². The minimum Gasteiger partial charge on any atom is -0.107 e. The van der Waals surface area contributed by atoms with Crippen LogP contribution in [0, 0.1) is 0 Å². The Bertz CT molecular complexity index is 407. The maximum atomic E-state index is 3.99. The molecule has 0 aromatic heterocycles. The molecule has 1 aromatic carbocycles. The summed E-state index contributed by atoms with van der Waals surface area (Å²) in [5.41, 5.74) is 6.46. The minimum absolute atomic E-state index is 0.756. The molecule has 1 atom stereocenters. The average Bonchev–Trinajstić information content (AvgIpc) is 2.38. The van der Waals surface area contributed by atoms with Gasteiger partial charge in [0.15, 0.2) is 0 Å². The number of rotatable bonds is 7. The summed E-state index contributed by atoms with van der Waals surface area (Å²) in [6.07, 6.45) is 2.41. The standard InChI is InChI=1S/C16H24Si2/c1-6-15(17-7-2)12-14-10-9-11-16(13-14)18(4,5)8-3/h7-11,13,15H,2-3,6,12H2,1,4-5H3. The predicted molar refractivity (Wildman–Crippen MR) is 87.5 cm³/mol. The molecule has 0 bridgehead atoms. The topological polar surface area (TPSA) is 0 Å². The normalized spacial score (nSPS) is 13.1. The van der Waals surface area contributed by atoms with Gasteiger partial charge >= 0.3 is 0 Å². The van der Waals surface area contributed by atoms with E-state index in [1.54, 1.807) is 0 Å². The van der Waals surface area contributed by atoms with Crippen molar-refractivity contribution < 1.29 is 0 Å². The molecule has 0 nitrogen and oxygen atoms in total. The first-order valence-corrected chi connectivity index (χ1v) is 10.9. The molecule has 1 rings (SSSR count). The molecule has 1 unspecified atom stereocenters. The van der Waals surface area contributed by atoms with Crippen LogP contribution >= 0.6 is 0 Å². The Hall–Kier alpha value is -0.866. The fraction of sp³-hybridized carbons (Fsp3) is 0.375. The van der Waals surface area contributed by atoms with Gasteiger partial charge in [-0.25, -0.2) is 0 Å². The second-order valence-corrected chi connectivity index (χ2v) is 11.3. The van der Waals surface area contributed by atoms with Gasteiger partial charge in [0.2, 0.25) is 0 Å². The van der Waals surface area contributed by atoms with E-state index in [4.69, 9.17) is 0 Å². The molecular formula is C16H24Si2. The van der Waals surface area contributed by atoms with Crippen LogP contribution in [0.2, 0.25) is 18.6 Å². The van der Waals surface area contributed by atoms with Crippen LogP contribution in [0.4, 0.5) is 0 Å². The fourth-order valence-electron chi connectivity index (χ4n) is 1.99. The van der Waals surface area contributed by atoms with Crippen molar-refractivity contribution in [2.75, 3.05) is 0 Å².